The molecule has 1 saturated heterocycles. The largest absolute Gasteiger partial charge is 0.345 e. The molecule has 148 valence electrons. The monoisotopic (exact) mass is 406 g/mol. The molecule has 1 aromatic heterocycles. The lowest BCUT2D eigenvalue weighted by Gasteiger charge is -2.44. The van der Waals surface area contributed by atoms with Gasteiger partial charge in [0.15, 0.2) is 0 Å². The second-order valence-electron chi connectivity index (χ2n) is 7.74. The van der Waals surface area contributed by atoms with Crippen LogP contribution in [0.25, 0.3) is 11.0 Å². The second-order valence-corrected chi connectivity index (χ2v) is 8.97. The first-order valence-electron chi connectivity index (χ1n) is 9.85. The molecule has 0 saturated carbocycles. The van der Waals surface area contributed by atoms with Gasteiger partial charge in [-0.2, -0.15) is 11.8 Å². The number of imidazole rings is 1. The van der Waals surface area contributed by atoms with Gasteiger partial charge in [-0.3, -0.25) is 9.59 Å². The summed E-state index contributed by atoms with van der Waals surface area (Å²) in [6.07, 6.45) is 3.63. The maximum atomic E-state index is 13.1. The van der Waals surface area contributed by atoms with Crippen molar-refractivity contribution < 1.29 is 9.59 Å². The molecule has 1 fully saturated rings. The molecule has 2 aromatic carbocycles. The summed E-state index contributed by atoms with van der Waals surface area (Å²) in [4.78, 5) is 35.4. The lowest BCUT2D eigenvalue weighted by atomic mass is 9.86. The van der Waals surface area contributed by atoms with Crippen LogP contribution < -0.4 is 5.32 Å². The molecule has 2 amide bonds. The highest BCUT2D eigenvalue weighted by atomic mass is 32.2. The van der Waals surface area contributed by atoms with E-state index >= 15 is 0 Å². The molecule has 2 N–H and O–H groups in total. The Hall–Kier alpha value is -2.80. The number of hydrogen-bond acceptors (Lipinski definition) is 4. The van der Waals surface area contributed by atoms with E-state index in [1.54, 1.807) is 6.33 Å². The quantitative estimate of drug-likeness (QED) is 0.691. The van der Waals surface area contributed by atoms with Crippen LogP contribution in [0.2, 0.25) is 0 Å². The van der Waals surface area contributed by atoms with Gasteiger partial charge >= 0.3 is 0 Å². The molecular formula is C22H22N4O2S. The minimum atomic E-state index is -0.427. The van der Waals surface area contributed by atoms with Crippen LogP contribution in [-0.4, -0.2) is 43.7 Å². The number of nitrogens with one attached hydrogen (secondary N) is 2. The van der Waals surface area contributed by atoms with E-state index in [1.807, 2.05) is 59.1 Å². The van der Waals surface area contributed by atoms with Gasteiger partial charge in [0, 0.05) is 17.8 Å². The Morgan fingerprint density at radius 1 is 1.21 bits per heavy atom. The number of rotatable bonds is 4. The number of hydrogen-bond donors (Lipinski definition) is 2. The SMILES string of the molecule is O=C(CC1(N2Cc3ccccc3C2=O)CCSCC1)Nc1ccc2nc[nH]c2c1. The molecule has 0 aliphatic carbocycles. The van der Waals surface area contributed by atoms with Crippen molar-refractivity contribution in [3.8, 4) is 0 Å². The molecule has 2 aliphatic rings. The third kappa shape index (κ3) is 3.29. The molecule has 3 aromatic rings. The maximum Gasteiger partial charge on any atom is 0.254 e. The van der Waals surface area contributed by atoms with Gasteiger partial charge in [-0.15, -0.1) is 0 Å². The van der Waals surface area contributed by atoms with E-state index < -0.39 is 5.54 Å². The fourth-order valence-corrected chi connectivity index (χ4v) is 5.70. The van der Waals surface area contributed by atoms with Crippen LogP contribution in [0.15, 0.2) is 48.8 Å². The van der Waals surface area contributed by atoms with E-state index in [4.69, 9.17) is 0 Å². The van der Waals surface area contributed by atoms with Crippen molar-refractivity contribution in [3.05, 3.63) is 59.9 Å². The average Bonchev–Trinajstić information content (AvgIpc) is 3.33. The van der Waals surface area contributed by atoms with Gasteiger partial charge in [0.1, 0.15) is 0 Å². The van der Waals surface area contributed by atoms with Gasteiger partial charge in [0.05, 0.1) is 29.3 Å². The zero-order valence-corrected chi connectivity index (χ0v) is 16.8. The number of anilines is 1. The first kappa shape index (κ1) is 18.2. The summed E-state index contributed by atoms with van der Waals surface area (Å²) in [6.45, 7) is 0.590. The lowest BCUT2D eigenvalue weighted by molar-refractivity contribution is -0.119. The molecule has 0 bridgehead atoms. The Labute approximate surface area is 173 Å². The first-order valence-corrected chi connectivity index (χ1v) is 11.0. The molecule has 0 spiro atoms. The Bertz CT molecular complexity index is 1090. The van der Waals surface area contributed by atoms with E-state index in [9.17, 15) is 9.59 Å². The van der Waals surface area contributed by atoms with Crippen molar-refractivity contribution in [2.24, 2.45) is 0 Å². The minimum absolute atomic E-state index is 0.0548. The van der Waals surface area contributed by atoms with Crippen molar-refractivity contribution in [1.82, 2.24) is 14.9 Å². The molecule has 5 rings (SSSR count). The summed E-state index contributed by atoms with van der Waals surface area (Å²) in [6, 6.07) is 13.4. The number of aromatic amines is 1. The molecule has 7 heteroatoms. The fourth-order valence-electron chi connectivity index (χ4n) is 4.45. The number of H-pyrrole nitrogens is 1. The number of amides is 2. The lowest BCUT2D eigenvalue weighted by Crippen LogP contribution is -2.53. The van der Waals surface area contributed by atoms with E-state index in [-0.39, 0.29) is 11.8 Å². The number of carbonyl (C=O) groups excluding carboxylic acids is 2. The molecular weight excluding hydrogens is 384 g/mol. The summed E-state index contributed by atoms with van der Waals surface area (Å²) in [5.74, 6) is 1.93. The Kier molecular flexibility index (Phi) is 4.54. The van der Waals surface area contributed by atoms with E-state index in [1.165, 1.54) is 0 Å². The zero-order valence-electron chi connectivity index (χ0n) is 16.0. The summed E-state index contributed by atoms with van der Waals surface area (Å²) >= 11 is 1.89. The highest BCUT2D eigenvalue weighted by Gasteiger charge is 2.45. The average molecular weight is 407 g/mol. The second kappa shape index (κ2) is 7.22. The van der Waals surface area contributed by atoms with Crippen LogP contribution in [0, 0.1) is 0 Å². The van der Waals surface area contributed by atoms with Gasteiger partial charge in [0.25, 0.3) is 5.91 Å². The van der Waals surface area contributed by atoms with Gasteiger partial charge in [0.2, 0.25) is 5.91 Å². The Morgan fingerprint density at radius 3 is 2.86 bits per heavy atom. The molecule has 6 nitrogen and oxygen atoms in total. The number of aromatic nitrogens is 2. The maximum absolute atomic E-state index is 13.1. The highest BCUT2D eigenvalue weighted by Crippen LogP contribution is 2.40. The van der Waals surface area contributed by atoms with Crippen molar-refractivity contribution >= 4 is 40.3 Å². The van der Waals surface area contributed by atoms with Gasteiger partial charge < -0.3 is 15.2 Å². The van der Waals surface area contributed by atoms with Crippen LogP contribution in [0.3, 0.4) is 0 Å². The zero-order chi connectivity index (χ0) is 19.8. The summed E-state index contributed by atoms with van der Waals surface area (Å²) in [7, 11) is 0. The topological polar surface area (TPSA) is 78.1 Å². The van der Waals surface area contributed by atoms with Crippen LogP contribution in [-0.2, 0) is 11.3 Å². The smallest absolute Gasteiger partial charge is 0.254 e. The normalized spacial score (nSPS) is 18.1. The molecule has 29 heavy (non-hydrogen) atoms. The summed E-state index contributed by atoms with van der Waals surface area (Å²) in [5.41, 5.74) is 3.89. The van der Waals surface area contributed by atoms with Crippen molar-refractivity contribution in [3.63, 3.8) is 0 Å². The third-order valence-corrected chi connectivity index (χ3v) is 7.00. The van der Waals surface area contributed by atoms with E-state index in [2.05, 4.69) is 15.3 Å². The van der Waals surface area contributed by atoms with E-state index in [0.717, 1.165) is 52.2 Å². The summed E-state index contributed by atoms with van der Waals surface area (Å²) < 4.78 is 0. The molecule has 3 heterocycles. The number of nitrogens with zero attached hydrogens (tertiary/aromatic N) is 2. The third-order valence-electron chi connectivity index (χ3n) is 6.01. The van der Waals surface area contributed by atoms with Crippen LogP contribution in [0.1, 0.15) is 35.2 Å². The van der Waals surface area contributed by atoms with Crippen LogP contribution in [0.5, 0.6) is 0 Å². The van der Waals surface area contributed by atoms with Gasteiger partial charge in [-0.25, -0.2) is 4.98 Å². The van der Waals surface area contributed by atoms with Crippen molar-refractivity contribution in [1.29, 1.82) is 0 Å². The summed E-state index contributed by atoms with van der Waals surface area (Å²) in [5, 5.41) is 3.02. The predicted octanol–water partition coefficient (Wildman–Crippen LogP) is 3.81. The molecule has 0 radical (unpaired) electrons. The highest BCUT2D eigenvalue weighted by molar-refractivity contribution is 7.99. The predicted molar refractivity (Wildman–Crippen MR) is 115 cm³/mol. The number of carbonyl (C=O) groups is 2. The minimum Gasteiger partial charge on any atom is -0.345 e. The fraction of sp³-hybridized carbons (Fsp3) is 0.318. The van der Waals surface area contributed by atoms with Crippen LogP contribution in [0.4, 0.5) is 5.69 Å². The number of fused-ring (bicyclic) bond motifs is 2. The number of benzene rings is 2. The molecule has 0 unspecified atom stereocenters. The Morgan fingerprint density at radius 2 is 2.03 bits per heavy atom. The first-order chi connectivity index (χ1) is 14.1. The van der Waals surface area contributed by atoms with E-state index in [0.29, 0.717) is 13.0 Å². The number of thioether (sulfide) groups is 1. The van der Waals surface area contributed by atoms with Gasteiger partial charge in [-0.1, -0.05) is 18.2 Å². The Balaban J connectivity index is 1.38. The van der Waals surface area contributed by atoms with Crippen molar-refractivity contribution in [2.45, 2.75) is 31.3 Å². The standard InChI is InChI=1S/C22H22N4O2S/c27-20(25-16-5-6-18-19(11-16)24-14-23-18)12-22(7-9-29-10-8-22)26-13-15-3-1-2-4-17(15)21(26)28/h1-6,11,14H,7-10,12-13H2,(H,23,24)(H,25,27). The van der Waals surface area contributed by atoms with Crippen molar-refractivity contribution in [2.75, 3.05) is 16.8 Å². The van der Waals surface area contributed by atoms with Crippen LogP contribution >= 0.6 is 11.8 Å². The molecule has 0 atom stereocenters. The molecule has 2 aliphatic heterocycles. The van der Waals surface area contributed by atoms with Gasteiger partial charge in [-0.05, 0) is 54.2 Å².